The molecular weight excluding hydrogens is 148 g/mol. The zero-order valence-electron chi connectivity index (χ0n) is 8.42. The smallest absolute Gasteiger partial charge is 0.0540 e. The van der Waals surface area contributed by atoms with Gasteiger partial charge in [-0.3, -0.25) is 0 Å². The number of rotatable bonds is 7. The van der Waals surface area contributed by atoms with Crippen molar-refractivity contribution in [1.29, 1.82) is 0 Å². The van der Waals surface area contributed by atoms with E-state index < -0.39 is 0 Å². The van der Waals surface area contributed by atoms with Crippen molar-refractivity contribution in [3.63, 3.8) is 0 Å². The second-order valence-electron chi connectivity index (χ2n) is 3.25. The number of hydrogen-bond donors (Lipinski definition) is 1. The summed E-state index contributed by atoms with van der Waals surface area (Å²) in [5.74, 6) is 0. The maximum absolute atomic E-state index is 9.23. The number of aliphatic hydroxyl groups is 1. The highest BCUT2D eigenvalue weighted by atomic mass is 16.3. The first-order chi connectivity index (χ1) is 5.81. The van der Waals surface area contributed by atoms with E-state index in [1.807, 2.05) is 6.92 Å². The van der Waals surface area contributed by atoms with Crippen LogP contribution in [0.25, 0.3) is 0 Å². The third kappa shape index (κ3) is 7.80. The van der Waals surface area contributed by atoms with Gasteiger partial charge in [-0.25, -0.2) is 0 Å². The van der Waals surface area contributed by atoms with Crippen molar-refractivity contribution in [3.8, 4) is 0 Å². The van der Waals surface area contributed by atoms with E-state index in [1.165, 1.54) is 19.3 Å². The van der Waals surface area contributed by atoms with E-state index in [2.05, 4.69) is 19.1 Å². The molecule has 0 saturated heterocycles. The topological polar surface area (TPSA) is 20.2 Å². The lowest BCUT2D eigenvalue weighted by molar-refractivity contribution is 0.161. The lowest BCUT2D eigenvalue weighted by Gasteiger charge is -2.03. The van der Waals surface area contributed by atoms with Crippen LogP contribution < -0.4 is 0 Å². The van der Waals surface area contributed by atoms with Crippen LogP contribution in [0.2, 0.25) is 0 Å². The van der Waals surface area contributed by atoms with Crippen LogP contribution in [0.15, 0.2) is 12.2 Å². The molecule has 1 nitrogen and oxygen atoms in total. The summed E-state index contributed by atoms with van der Waals surface area (Å²) in [5.41, 5.74) is 0. The summed E-state index contributed by atoms with van der Waals surface area (Å²) in [5, 5.41) is 9.23. The number of hydrogen-bond acceptors (Lipinski definition) is 1. The molecule has 72 valence electrons. The molecule has 0 amide bonds. The van der Waals surface area contributed by atoms with E-state index in [9.17, 15) is 5.11 Å². The van der Waals surface area contributed by atoms with Crippen LogP contribution in [0.5, 0.6) is 0 Å². The summed E-state index contributed by atoms with van der Waals surface area (Å²) in [4.78, 5) is 0. The first-order valence-corrected chi connectivity index (χ1v) is 5.14. The van der Waals surface area contributed by atoms with Gasteiger partial charge in [-0.15, -0.1) is 0 Å². The van der Waals surface area contributed by atoms with E-state index in [0.717, 1.165) is 19.3 Å². The van der Waals surface area contributed by atoms with Gasteiger partial charge in [-0.05, 0) is 25.7 Å². The van der Waals surface area contributed by atoms with Crippen LogP contribution in [0, 0.1) is 0 Å². The molecule has 0 aliphatic heterocycles. The maximum Gasteiger partial charge on any atom is 0.0540 e. The van der Waals surface area contributed by atoms with Gasteiger partial charge in [0.05, 0.1) is 6.10 Å². The van der Waals surface area contributed by atoms with Crippen LogP contribution in [-0.2, 0) is 0 Å². The Hall–Kier alpha value is -0.300. The molecular formula is C11H22O. The molecule has 0 aromatic heterocycles. The molecule has 0 rings (SSSR count). The standard InChI is InChI=1S/C11H22O/c1-3-5-6-7-8-9-10-11(12)4-2/h7-8,11-12H,3-6,9-10H2,1-2H3/b8-7+. The van der Waals surface area contributed by atoms with E-state index >= 15 is 0 Å². The second-order valence-corrected chi connectivity index (χ2v) is 3.25. The predicted molar refractivity (Wildman–Crippen MR) is 54.2 cm³/mol. The minimum absolute atomic E-state index is 0.0965. The Bertz CT molecular complexity index is 108. The van der Waals surface area contributed by atoms with E-state index in [0.29, 0.717) is 0 Å². The first-order valence-electron chi connectivity index (χ1n) is 5.14. The van der Waals surface area contributed by atoms with Gasteiger partial charge in [0.1, 0.15) is 0 Å². The van der Waals surface area contributed by atoms with E-state index in [1.54, 1.807) is 0 Å². The molecule has 0 aromatic carbocycles. The van der Waals surface area contributed by atoms with Crippen molar-refractivity contribution in [2.75, 3.05) is 0 Å². The van der Waals surface area contributed by atoms with Gasteiger partial charge in [-0.2, -0.15) is 0 Å². The van der Waals surface area contributed by atoms with Gasteiger partial charge >= 0.3 is 0 Å². The Kier molecular flexibility index (Phi) is 8.57. The number of unbranched alkanes of at least 4 members (excludes halogenated alkanes) is 2. The summed E-state index contributed by atoms with van der Waals surface area (Å²) in [6.07, 6.45) is 10.9. The van der Waals surface area contributed by atoms with Gasteiger partial charge < -0.3 is 5.11 Å². The van der Waals surface area contributed by atoms with Crippen molar-refractivity contribution in [2.45, 2.75) is 58.5 Å². The molecule has 0 saturated carbocycles. The average Bonchev–Trinajstić information content (AvgIpc) is 2.10. The van der Waals surface area contributed by atoms with Crippen molar-refractivity contribution < 1.29 is 5.11 Å². The monoisotopic (exact) mass is 170 g/mol. The molecule has 0 aliphatic carbocycles. The normalized spacial score (nSPS) is 13.9. The predicted octanol–water partition coefficient (Wildman–Crippen LogP) is 3.28. The molecule has 1 atom stereocenters. The fraction of sp³-hybridized carbons (Fsp3) is 0.818. The Labute approximate surface area is 76.5 Å². The molecule has 0 bridgehead atoms. The zero-order valence-corrected chi connectivity index (χ0v) is 8.42. The summed E-state index contributed by atoms with van der Waals surface area (Å²) in [6.45, 7) is 4.22. The zero-order chi connectivity index (χ0) is 9.23. The van der Waals surface area contributed by atoms with Crippen molar-refractivity contribution in [3.05, 3.63) is 12.2 Å². The molecule has 1 N–H and O–H groups in total. The Balaban J connectivity index is 3.12. The molecule has 1 unspecified atom stereocenters. The van der Waals surface area contributed by atoms with Crippen LogP contribution in [0.4, 0.5) is 0 Å². The van der Waals surface area contributed by atoms with Crippen molar-refractivity contribution in [2.24, 2.45) is 0 Å². The molecule has 0 aromatic rings. The lowest BCUT2D eigenvalue weighted by Crippen LogP contribution is -2.02. The van der Waals surface area contributed by atoms with Crippen molar-refractivity contribution >= 4 is 0 Å². The minimum atomic E-state index is -0.0965. The summed E-state index contributed by atoms with van der Waals surface area (Å²) < 4.78 is 0. The molecule has 12 heavy (non-hydrogen) atoms. The fourth-order valence-corrected chi connectivity index (χ4v) is 1.05. The first kappa shape index (κ1) is 11.7. The quantitative estimate of drug-likeness (QED) is 0.459. The summed E-state index contributed by atoms with van der Waals surface area (Å²) >= 11 is 0. The summed E-state index contributed by atoms with van der Waals surface area (Å²) in [7, 11) is 0. The fourth-order valence-electron chi connectivity index (χ4n) is 1.05. The third-order valence-electron chi connectivity index (χ3n) is 2.03. The molecule has 0 spiro atoms. The lowest BCUT2D eigenvalue weighted by atomic mass is 10.1. The minimum Gasteiger partial charge on any atom is -0.393 e. The Morgan fingerprint density at radius 2 is 1.83 bits per heavy atom. The van der Waals surface area contributed by atoms with Crippen LogP contribution in [0.3, 0.4) is 0 Å². The highest BCUT2D eigenvalue weighted by molar-refractivity contribution is 4.81. The SMILES string of the molecule is CCCC/C=C/CCC(O)CC. The highest BCUT2D eigenvalue weighted by Gasteiger charge is 1.96. The summed E-state index contributed by atoms with van der Waals surface area (Å²) in [6, 6.07) is 0. The van der Waals surface area contributed by atoms with Crippen LogP contribution >= 0.6 is 0 Å². The molecule has 0 aliphatic rings. The Morgan fingerprint density at radius 3 is 2.42 bits per heavy atom. The molecule has 0 fully saturated rings. The van der Waals surface area contributed by atoms with Gasteiger partial charge in [0, 0.05) is 0 Å². The highest BCUT2D eigenvalue weighted by Crippen LogP contribution is 2.03. The second kappa shape index (κ2) is 8.79. The van der Waals surface area contributed by atoms with Gasteiger partial charge in [0.25, 0.3) is 0 Å². The molecule has 1 heteroatoms. The molecule has 0 heterocycles. The van der Waals surface area contributed by atoms with Gasteiger partial charge in [-0.1, -0.05) is 38.8 Å². The number of aliphatic hydroxyl groups excluding tert-OH is 1. The van der Waals surface area contributed by atoms with Gasteiger partial charge in [0.15, 0.2) is 0 Å². The maximum atomic E-state index is 9.23. The van der Waals surface area contributed by atoms with Gasteiger partial charge in [0.2, 0.25) is 0 Å². The van der Waals surface area contributed by atoms with E-state index in [-0.39, 0.29) is 6.10 Å². The van der Waals surface area contributed by atoms with Crippen LogP contribution in [0.1, 0.15) is 52.4 Å². The number of allylic oxidation sites excluding steroid dienone is 2. The average molecular weight is 170 g/mol. The van der Waals surface area contributed by atoms with Crippen LogP contribution in [-0.4, -0.2) is 11.2 Å². The largest absolute Gasteiger partial charge is 0.393 e. The van der Waals surface area contributed by atoms with E-state index in [4.69, 9.17) is 0 Å². The Morgan fingerprint density at radius 1 is 1.17 bits per heavy atom. The molecule has 0 radical (unpaired) electrons. The van der Waals surface area contributed by atoms with Crippen molar-refractivity contribution in [1.82, 2.24) is 0 Å². The third-order valence-corrected chi connectivity index (χ3v) is 2.03.